The number of nitrogens with one attached hydrogen (secondary N) is 1. The van der Waals surface area contributed by atoms with Gasteiger partial charge in [0.1, 0.15) is 5.56 Å². The Balaban J connectivity index is 1.56. The average molecular weight is 457 g/mol. The zero-order valence-corrected chi connectivity index (χ0v) is 18.4. The fourth-order valence-electron chi connectivity index (χ4n) is 3.78. The molecule has 0 unspecified atom stereocenters. The number of nitrogens with zero attached hydrogens (tertiary/aromatic N) is 6. The van der Waals surface area contributed by atoms with E-state index in [0.29, 0.717) is 31.3 Å². The number of hydrogen-bond donors (Lipinski definition) is 2. The molecule has 3 aromatic heterocycles. The Labute approximate surface area is 188 Å². The van der Waals surface area contributed by atoms with Crippen LogP contribution in [0.5, 0.6) is 5.88 Å². The molecule has 4 rings (SSSR count). The maximum atomic E-state index is 14.4. The number of halogens is 1. The van der Waals surface area contributed by atoms with E-state index in [9.17, 15) is 19.1 Å². The fourth-order valence-corrected chi connectivity index (χ4v) is 3.78. The number of aryl methyl sites for hydroxylation is 1. The number of rotatable bonds is 5. The molecular weight excluding hydrogens is 433 g/mol. The number of piperazine rings is 1. The molecule has 11 nitrogen and oxygen atoms in total. The number of amides is 2. The lowest BCUT2D eigenvalue weighted by Gasteiger charge is -2.38. The fraction of sp³-hybridized carbons (Fsp3) is 0.381. The minimum atomic E-state index is -0.967. The summed E-state index contributed by atoms with van der Waals surface area (Å²) in [7, 11) is 0. The molecule has 1 atom stereocenters. The van der Waals surface area contributed by atoms with Gasteiger partial charge < -0.3 is 29.4 Å². The number of anilines is 2. The zero-order valence-electron chi connectivity index (χ0n) is 18.4. The predicted molar refractivity (Wildman–Crippen MR) is 117 cm³/mol. The molecule has 174 valence electrons. The highest BCUT2D eigenvalue weighted by Gasteiger charge is 2.29. The standard InChI is InChI=1S/C21H24FN7O4/c1-4-33-19-15(8-23-20(26-19)27-5-6-29(21(31)32)13(3)10-27)18(30)25-14-7-16(22)17-24-12(2)9-28(17)11-14/h7-9,11,13H,4-6,10H2,1-3H3,(H,25,30)(H,31,32)/t13-/m0/s1. The van der Waals surface area contributed by atoms with Gasteiger partial charge in [-0.1, -0.05) is 0 Å². The summed E-state index contributed by atoms with van der Waals surface area (Å²) < 4.78 is 21.4. The summed E-state index contributed by atoms with van der Waals surface area (Å²) in [5, 5.41) is 11.9. The maximum Gasteiger partial charge on any atom is 0.407 e. The van der Waals surface area contributed by atoms with E-state index in [1.54, 1.807) is 26.2 Å². The molecule has 1 aliphatic heterocycles. The van der Waals surface area contributed by atoms with Crippen LogP contribution in [0.2, 0.25) is 0 Å². The second-order valence-corrected chi connectivity index (χ2v) is 7.74. The Morgan fingerprint density at radius 1 is 1.30 bits per heavy atom. The van der Waals surface area contributed by atoms with Gasteiger partial charge in [0.2, 0.25) is 11.8 Å². The Morgan fingerprint density at radius 2 is 2.09 bits per heavy atom. The number of hydrogen-bond acceptors (Lipinski definition) is 7. The largest absolute Gasteiger partial charge is 0.477 e. The van der Waals surface area contributed by atoms with Crippen LogP contribution in [0.25, 0.3) is 5.65 Å². The summed E-state index contributed by atoms with van der Waals surface area (Å²) in [5.74, 6) is -0.682. The van der Waals surface area contributed by atoms with Crippen molar-refractivity contribution >= 4 is 29.3 Å². The zero-order chi connectivity index (χ0) is 23.7. The van der Waals surface area contributed by atoms with Crippen molar-refractivity contribution in [3.05, 3.63) is 41.7 Å². The summed E-state index contributed by atoms with van der Waals surface area (Å²) in [6.07, 6.45) is 3.61. The van der Waals surface area contributed by atoms with Crippen molar-refractivity contribution in [2.45, 2.75) is 26.8 Å². The first kappa shape index (κ1) is 22.2. The molecule has 12 heteroatoms. The highest BCUT2D eigenvalue weighted by Crippen LogP contribution is 2.23. The van der Waals surface area contributed by atoms with Gasteiger partial charge in [-0.05, 0) is 20.8 Å². The van der Waals surface area contributed by atoms with E-state index < -0.39 is 17.8 Å². The van der Waals surface area contributed by atoms with Crippen molar-refractivity contribution in [3.8, 4) is 5.88 Å². The smallest absolute Gasteiger partial charge is 0.407 e. The minimum absolute atomic E-state index is 0.0911. The Kier molecular flexibility index (Phi) is 5.99. The van der Waals surface area contributed by atoms with Crippen LogP contribution >= 0.6 is 0 Å². The van der Waals surface area contributed by atoms with Crippen LogP contribution in [0, 0.1) is 12.7 Å². The quantitative estimate of drug-likeness (QED) is 0.598. The number of carboxylic acid groups (broad SMARTS) is 1. The van der Waals surface area contributed by atoms with Crippen LogP contribution in [0.15, 0.2) is 24.7 Å². The van der Waals surface area contributed by atoms with Crippen molar-refractivity contribution in [1.82, 2.24) is 24.3 Å². The van der Waals surface area contributed by atoms with Crippen molar-refractivity contribution in [2.24, 2.45) is 0 Å². The first-order valence-electron chi connectivity index (χ1n) is 10.5. The van der Waals surface area contributed by atoms with Gasteiger partial charge in [-0.2, -0.15) is 4.98 Å². The molecule has 1 saturated heterocycles. The van der Waals surface area contributed by atoms with E-state index in [0.717, 1.165) is 0 Å². The average Bonchev–Trinajstić information content (AvgIpc) is 3.14. The van der Waals surface area contributed by atoms with Crippen molar-refractivity contribution in [3.63, 3.8) is 0 Å². The van der Waals surface area contributed by atoms with Gasteiger partial charge in [0.15, 0.2) is 11.5 Å². The number of aromatic nitrogens is 4. The van der Waals surface area contributed by atoms with E-state index >= 15 is 0 Å². The van der Waals surface area contributed by atoms with E-state index in [4.69, 9.17) is 4.74 Å². The van der Waals surface area contributed by atoms with Crippen LogP contribution in [-0.2, 0) is 0 Å². The van der Waals surface area contributed by atoms with Gasteiger partial charge in [-0.25, -0.2) is 19.2 Å². The van der Waals surface area contributed by atoms with Gasteiger partial charge >= 0.3 is 6.09 Å². The molecule has 4 heterocycles. The number of carbonyl (C=O) groups excluding carboxylic acids is 1. The van der Waals surface area contributed by atoms with Crippen LogP contribution < -0.4 is 15.0 Å². The van der Waals surface area contributed by atoms with Crippen LogP contribution in [0.1, 0.15) is 29.9 Å². The molecule has 1 aliphatic rings. The molecular formula is C21H24FN7O4. The third kappa shape index (κ3) is 4.49. The SMILES string of the molecule is CCOc1nc(N2CCN(C(=O)O)[C@@H](C)C2)ncc1C(=O)Nc1cc(F)c2nc(C)cn2c1. The lowest BCUT2D eigenvalue weighted by molar-refractivity contribution is 0.102. The van der Waals surface area contributed by atoms with Gasteiger partial charge in [-0.15, -0.1) is 0 Å². The Morgan fingerprint density at radius 3 is 2.79 bits per heavy atom. The van der Waals surface area contributed by atoms with Crippen LogP contribution in [0.3, 0.4) is 0 Å². The van der Waals surface area contributed by atoms with Crippen LogP contribution in [-0.4, -0.2) is 73.6 Å². The molecule has 0 aromatic carbocycles. The van der Waals surface area contributed by atoms with E-state index in [2.05, 4.69) is 20.3 Å². The number of fused-ring (bicyclic) bond motifs is 1. The predicted octanol–water partition coefficient (Wildman–Crippen LogP) is 2.41. The molecule has 0 bridgehead atoms. The molecule has 0 radical (unpaired) electrons. The molecule has 0 saturated carbocycles. The van der Waals surface area contributed by atoms with E-state index in [1.807, 2.05) is 11.8 Å². The van der Waals surface area contributed by atoms with Crippen molar-refractivity contribution in [2.75, 3.05) is 36.5 Å². The van der Waals surface area contributed by atoms with Gasteiger partial charge in [0, 0.05) is 50.3 Å². The van der Waals surface area contributed by atoms with E-state index in [1.165, 1.54) is 21.6 Å². The molecule has 2 N–H and O–H groups in total. The summed E-state index contributed by atoms with van der Waals surface area (Å²) in [6.45, 7) is 6.73. The third-order valence-electron chi connectivity index (χ3n) is 5.31. The number of pyridine rings is 1. The Hall–Kier alpha value is -3.96. The Bertz CT molecular complexity index is 1210. The second kappa shape index (κ2) is 8.88. The highest BCUT2D eigenvalue weighted by molar-refractivity contribution is 6.05. The normalized spacial score (nSPS) is 16.2. The van der Waals surface area contributed by atoms with Crippen molar-refractivity contribution in [1.29, 1.82) is 0 Å². The number of carbonyl (C=O) groups is 2. The molecule has 1 fully saturated rings. The number of imidazole rings is 1. The monoisotopic (exact) mass is 457 g/mol. The molecule has 0 spiro atoms. The second-order valence-electron chi connectivity index (χ2n) is 7.74. The molecule has 0 aliphatic carbocycles. The third-order valence-corrected chi connectivity index (χ3v) is 5.31. The molecule has 33 heavy (non-hydrogen) atoms. The van der Waals surface area contributed by atoms with E-state index in [-0.39, 0.29) is 35.4 Å². The summed E-state index contributed by atoms with van der Waals surface area (Å²) in [4.78, 5) is 40.2. The molecule has 2 amide bonds. The summed E-state index contributed by atoms with van der Waals surface area (Å²) in [6, 6.07) is 0.952. The first-order valence-corrected chi connectivity index (χ1v) is 10.5. The highest BCUT2D eigenvalue weighted by atomic mass is 19.1. The lowest BCUT2D eigenvalue weighted by atomic mass is 10.2. The summed E-state index contributed by atoms with van der Waals surface area (Å²) >= 11 is 0. The topological polar surface area (TPSA) is 125 Å². The molecule has 3 aromatic rings. The van der Waals surface area contributed by atoms with Crippen molar-refractivity contribution < 1.29 is 23.8 Å². The lowest BCUT2D eigenvalue weighted by Crippen LogP contribution is -2.54. The first-order chi connectivity index (χ1) is 15.8. The van der Waals surface area contributed by atoms with Gasteiger partial charge in [-0.3, -0.25) is 4.79 Å². The maximum absolute atomic E-state index is 14.4. The number of ether oxygens (including phenoxy) is 1. The van der Waals surface area contributed by atoms with Gasteiger partial charge in [0.25, 0.3) is 5.91 Å². The minimum Gasteiger partial charge on any atom is -0.477 e. The summed E-state index contributed by atoms with van der Waals surface area (Å²) in [5.41, 5.74) is 1.16. The van der Waals surface area contributed by atoms with Crippen LogP contribution in [0.4, 0.5) is 20.8 Å². The van der Waals surface area contributed by atoms with Gasteiger partial charge in [0.05, 0.1) is 18.0 Å².